The molecule has 6 nitrogen and oxygen atoms in total. The zero-order valence-electron chi connectivity index (χ0n) is 12.1. The van der Waals surface area contributed by atoms with E-state index in [2.05, 4.69) is 10.1 Å². The van der Waals surface area contributed by atoms with Crippen LogP contribution in [0, 0.1) is 0 Å². The fraction of sp³-hybridized carbons (Fsp3) is 0.500. The molecule has 0 spiro atoms. The first-order chi connectivity index (χ1) is 9.69. The Morgan fingerprint density at radius 1 is 1.25 bits per heavy atom. The second-order valence-corrected chi connectivity index (χ2v) is 4.46. The average Bonchev–Trinajstić information content (AvgIpc) is 2.50. The Labute approximate surface area is 119 Å². The molecule has 0 bridgehead atoms. The van der Waals surface area contributed by atoms with Gasteiger partial charge in [0, 0.05) is 33.2 Å². The molecule has 0 saturated heterocycles. The summed E-state index contributed by atoms with van der Waals surface area (Å²) < 4.78 is 10.2. The maximum absolute atomic E-state index is 8.58. The normalized spacial score (nSPS) is 11.8. The number of methoxy groups -OCH3 is 2. The lowest BCUT2D eigenvalue weighted by Crippen LogP contribution is -2.30. The van der Waals surface area contributed by atoms with Crippen molar-refractivity contribution in [3.8, 4) is 5.75 Å². The summed E-state index contributed by atoms with van der Waals surface area (Å²) in [7, 11) is 3.33. The van der Waals surface area contributed by atoms with Gasteiger partial charge in [-0.05, 0) is 17.7 Å². The predicted octanol–water partition coefficient (Wildman–Crippen LogP) is 1.28. The van der Waals surface area contributed by atoms with Crippen molar-refractivity contribution in [2.75, 3.05) is 33.9 Å². The van der Waals surface area contributed by atoms with Crippen molar-refractivity contribution in [3.05, 3.63) is 29.8 Å². The Hall–Kier alpha value is -1.79. The minimum absolute atomic E-state index is 0.238. The molecule has 3 N–H and O–H groups in total. The number of benzene rings is 1. The molecule has 6 heteroatoms. The second-order valence-electron chi connectivity index (χ2n) is 4.46. The summed E-state index contributed by atoms with van der Waals surface area (Å²) in [5, 5.41) is 11.6. The smallest absolute Gasteiger partial charge is 0.140 e. The van der Waals surface area contributed by atoms with E-state index in [1.165, 1.54) is 5.56 Å². The number of nitrogens with two attached hydrogens (primary N) is 1. The van der Waals surface area contributed by atoms with E-state index in [1.807, 2.05) is 24.3 Å². The molecule has 20 heavy (non-hydrogen) atoms. The fourth-order valence-corrected chi connectivity index (χ4v) is 1.80. The summed E-state index contributed by atoms with van der Waals surface area (Å²) in [4.78, 5) is 2.20. The minimum Gasteiger partial charge on any atom is -0.497 e. The summed E-state index contributed by atoms with van der Waals surface area (Å²) in [6, 6.07) is 7.94. The van der Waals surface area contributed by atoms with E-state index in [-0.39, 0.29) is 5.84 Å². The summed E-state index contributed by atoms with van der Waals surface area (Å²) in [6.07, 6.45) is 0.524. The molecule has 0 aliphatic carbocycles. The summed E-state index contributed by atoms with van der Waals surface area (Å²) in [5.74, 6) is 1.08. The van der Waals surface area contributed by atoms with Gasteiger partial charge in [0.25, 0.3) is 0 Å². The van der Waals surface area contributed by atoms with Crippen molar-refractivity contribution in [2.24, 2.45) is 10.9 Å². The molecule has 0 fully saturated rings. The summed E-state index contributed by atoms with van der Waals surface area (Å²) in [5.41, 5.74) is 6.69. The highest BCUT2D eigenvalue weighted by Gasteiger charge is 2.07. The van der Waals surface area contributed by atoms with Crippen LogP contribution in [0.1, 0.15) is 12.0 Å². The van der Waals surface area contributed by atoms with Gasteiger partial charge in [0.15, 0.2) is 0 Å². The number of rotatable bonds is 9. The number of amidine groups is 1. The molecule has 1 aromatic rings. The number of oxime groups is 1. The van der Waals surface area contributed by atoms with Crippen LogP contribution in [0.5, 0.6) is 5.75 Å². The molecule has 0 amide bonds. The van der Waals surface area contributed by atoms with Crippen molar-refractivity contribution in [3.63, 3.8) is 0 Å². The molecule has 1 aromatic carbocycles. The lowest BCUT2D eigenvalue weighted by molar-refractivity contribution is 0.145. The number of ether oxygens (including phenoxy) is 2. The molecule has 112 valence electrons. The largest absolute Gasteiger partial charge is 0.497 e. The number of nitrogens with zero attached hydrogens (tertiary/aromatic N) is 2. The molecule has 0 aliphatic heterocycles. The Bertz CT molecular complexity index is 407. The first kappa shape index (κ1) is 16.3. The number of hydrogen-bond donors (Lipinski definition) is 2. The molecular formula is C14H23N3O3. The molecule has 1 rings (SSSR count). The van der Waals surface area contributed by atoms with Gasteiger partial charge in [0.1, 0.15) is 11.6 Å². The van der Waals surface area contributed by atoms with E-state index in [0.29, 0.717) is 19.6 Å². The van der Waals surface area contributed by atoms with E-state index < -0.39 is 0 Å². The van der Waals surface area contributed by atoms with Crippen LogP contribution in [0.15, 0.2) is 29.4 Å². The molecule has 0 aliphatic rings. The van der Waals surface area contributed by atoms with Gasteiger partial charge in [-0.25, -0.2) is 0 Å². The van der Waals surface area contributed by atoms with Gasteiger partial charge < -0.3 is 20.4 Å². The molecule has 0 radical (unpaired) electrons. The molecule has 0 unspecified atom stereocenters. The van der Waals surface area contributed by atoms with Crippen molar-refractivity contribution in [2.45, 2.75) is 13.0 Å². The maximum Gasteiger partial charge on any atom is 0.140 e. The van der Waals surface area contributed by atoms with Gasteiger partial charge in [0.2, 0.25) is 0 Å². The lowest BCUT2D eigenvalue weighted by atomic mass is 10.2. The van der Waals surface area contributed by atoms with Crippen LogP contribution in [0.2, 0.25) is 0 Å². The molecule has 0 atom stereocenters. The van der Waals surface area contributed by atoms with E-state index in [1.54, 1.807) is 14.2 Å². The summed E-state index contributed by atoms with van der Waals surface area (Å²) >= 11 is 0. The van der Waals surface area contributed by atoms with Crippen LogP contribution in [0.4, 0.5) is 0 Å². The fourth-order valence-electron chi connectivity index (χ4n) is 1.80. The van der Waals surface area contributed by atoms with Crippen LogP contribution in [-0.4, -0.2) is 49.9 Å². The van der Waals surface area contributed by atoms with E-state index >= 15 is 0 Å². The third-order valence-electron chi connectivity index (χ3n) is 2.99. The zero-order chi connectivity index (χ0) is 14.8. The van der Waals surface area contributed by atoms with Gasteiger partial charge in [-0.1, -0.05) is 17.3 Å². The monoisotopic (exact) mass is 281 g/mol. The Kier molecular flexibility index (Phi) is 7.46. The standard InChI is InChI=1S/C14H23N3O3/c1-19-10-9-17(8-7-14(15)16-18)11-12-3-5-13(20-2)6-4-12/h3-6,18H,7-11H2,1-2H3,(H2,15,16). The molecule has 0 saturated carbocycles. The van der Waals surface area contributed by atoms with Crippen molar-refractivity contribution >= 4 is 5.84 Å². The van der Waals surface area contributed by atoms with E-state index in [9.17, 15) is 0 Å². The second kappa shape index (κ2) is 9.17. The van der Waals surface area contributed by atoms with Crippen molar-refractivity contribution < 1.29 is 14.7 Å². The van der Waals surface area contributed by atoms with Gasteiger partial charge in [-0.15, -0.1) is 0 Å². The van der Waals surface area contributed by atoms with Gasteiger partial charge in [-0.3, -0.25) is 4.90 Å². The highest BCUT2D eigenvalue weighted by atomic mass is 16.5. The Morgan fingerprint density at radius 3 is 2.50 bits per heavy atom. The average molecular weight is 281 g/mol. The van der Waals surface area contributed by atoms with Gasteiger partial charge in [-0.2, -0.15) is 0 Å². The molecular weight excluding hydrogens is 258 g/mol. The molecule has 0 aromatic heterocycles. The maximum atomic E-state index is 8.58. The highest BCUT2D eigenvalue weighted by molar-refractivity contribution is 5.79. The van der Waals surface area contributed by atoms with Crippen molar-refractivity contribution in [1.29, 1.82) is 0 Å². The highest BCUT2D eigenvalue weighted by Crippen LogP contribution is 2.13. The van der Waals surface area contributed by atoms with Crippen LogP contribution >= 0.6 is 0 Å². The lowest BCUT2D eigenvalue weighted by Gasteiger charge is -2.21. The van der Waals surface area contributed by atoms with Crippen LogP contribution in [0.25, 0.3) is 0 Å². The van der Waals surface area contributed by atoms with E-state index in [4.69, 9.17) is 20.4 Å². The quantitative estimate of drug-likeness (QED) is 0.308. The number of hydrogen-bond acceptors (Lipinski definition) is 5. The van der Waals surface area contributed by atoms with Gasteiger partial charge >= 0.3 is 0 Å². The summed E-state index contributed by atoms with van der Waals surface area (Å²) in [6.45, 7) is 2.94. The minimum atomic E-state index is 0.238. The van der Waals surface area contributed by atoms with Gasteiger partial charge in [0.05, 0.1) is 13.7 Å². The van der Waals surface area contributed by atoms with E-state index in [0.717, 1.165) is 18.8 Å². The zero-order valence-corrected chi connectivity index (χ0v) is 12.1. The molecule has 0 heterocycles. The SMILES string of the molecule is COCCN(CCC(N)=NO)Cc1ccc(OC)cc1. The Balaban J connectivity index is 2.57. The third-order valence-corrected chi connectivity index (χ3v) is 2.99. The van der Waals surface area contributed by atoms with Crippen LogP contribution in [0.3, 0.4) is 0 Å². The Morgan fingerprint density at radius 2 is 1.95 bits per heavy atom. The first-order valence-corrected chi connectivity index (χ1v) is 6.50. The first-order valence-electron chi connectivity index (χ1n) is 6.50. The predicted molar refractivity (Wildman–Crippen MR) is 78.2 cm³/mol. The third kappa shape index (κ3) is 5.90. The van der Waals surface area contributed by atoms with Crippen molar-refractivity contribution in [1.82, 2.24) is 4.90 Å². The van der Waals surface area contributed by atoms with Crippen LogP contribution in [-0.2, 0) is 11.3 Å². The van der Waals surface area contributed by atoms with Crippen LogP contribution < -0.4 is 10.5 Å². The topological polar surface area (TPSA) is 80.3 Å².